The predicted molar refractivity (Wildman–Crippen MR) is 58.0 cm³/mol. The lowest BCUT2D eigenvalue weighted by Gasteiger charge is -2.15. The molecule has 1 atom stereocenters. The average Bonchev–Trinajstić information content (AvgIpc) is 2.65. The molecule has 1 aromatic rings. The summed E-state index contributed by atoms with van der Waals surface area (Å²) < 4.78 is 25.4. The van der Waals surface area contributed by atoms with Crippen LogP contribution >= 0.6 is 0 Å². The number of rotatable bonds is 2. The number of nitrogens with zero attached hydrogens (tertiary/aromatic N) is 2. The Morgan fingerprint density at radius 3 is 2.88 bits per heavy atom. The fourth-order valence-corrected chi connectivity index (χ4v) is 3.18. The normalized spacial score (nSPS) is 22.4. The molecule has 1 aromatic heterocycles. The highest BCUT2D eigenvalue weighted by molar-refractivity contribution is 7.89. The van der Waals surface area contributed by atoms with Crippen LogP contribution in [0.2, 0.25) is 0 Å². The van der Waals surface area contributed by atoms with E-state index < -0.39 is 16.1 Å². The molecule has 3 N–H and O–H groups in total. The molecule has 0 bridgehead atoms. The first kappa shape index (κ1) is 11.3. The summed E-state index contributed by atoms with van der Waals surface area (Å²) in [6, 6.07) is 2.72. The molecule has 16 heavy (non-hydrogen) atoms. The second-order valence-electron chi connectivity index (χ2n) is 3.72. The Hall–Kier alpha value is -1.18. The zero-order valence-corrected chi connectivity index (χ0v) is 9.39. The van der Waals surface area contributed by atoms with Gasteiger partial charge in [-0.2, -0.15) is 4.31 Å². The lowest BCUT2D eigenvalue weighted by atomic mass is 10.3. The molecule has 0 saturated carbocycles. The lowest BCUT2D eigenvalue weighted by Crippen LogP contribution is -2.29. The predicted octanol–water partition coefficient (Wildman–Crippen LogP) is -0.581. The number of nitrogens with two attached hydrogens (primary N) is 1. The number of anilines is 1. The number of aromatic nitrogens is 1. The van der Waals surface area contributed by atoms with Crippen LogP contribution in [0.25, 0.3) is 0 Å². The fraction of sp³-hybridized carbons (Fsp3) is 0.444. The molecular formula is C9H13N3O3S. The van der Waals surface area contributed by atoms with Gasteiger partial charge in [-0.1, -0.05) is 0 Å². The van der Waals surface area contributed by atoms with Crippen LogP contribution in [0.15, 0.2) is 23.2 Å². The van der Waals surface area contributed by atoms with Crippen LogP contribution in [0.3, 0.4) is 0 Å². The Bertz CT molecular complexity index is 489. The van der Waals surface area contributed by atoms with Crippen LogP contribution in [-0.4, -0.2) is 42.0 Å². The lowest BCUT2D eigenvalue weighted by molar-refractivity contribution is 0.189. The number of hydrogen-bond acceptors (Lipinski definition) is 5. The summed E-state index contributed by atoms with van der Waals surface area (Å²) >= 11 is 0. The van der Waals surface area contributed by atoms with Gasteiger partial charge in [0.1, 0.15) is 5.82 Å². The minimum Gasteiger partial charge on any atom is -0.392 e. The van der Waals surface area contributed by atoms with Gasteiger partial charge in [0.25, 0.3) is 0 Å². The van der Waals surface area contributed by atoms with Gasteiger partial charge < -0.3 is 10.8 Å². The zero-order valence-electron chi connectivity index (χ0n) is 8.57. The van der Waals surface area contributed by atoms with Crippen molar-refractivity contribution in [2.75, 3.05) is 18.8 Å². The third kappa shape index (κ3) is 2.01. The van der Waals surface area contributed by atoms with Gasteiger partial charge in [0, 0.05) is 25.4 Å². The second-order valence-corrected chi connectivity index (χ2v) is 5.66. The molecule has 0 aromatic carbocycles. The summed E-state index contributed by atoms with van der Waals surface area (Å²) in [6.07, 6.45) is 1.25. The van der Waals surface area contributed by atoms with E-state index in [0.29, 0.717) is 13.0 Å². The van der Waals surface area contributed by atoms with Crippen molar-refractivity contribution in [3.05, 3.63) is 18.3 Å². The van der Waals surface area contributed by atoms with E-state index in [9.17, 15) is 13.5 Å². The molecule has 0 aliphatic carbocycles. The maximum absolute atomic E-state index is 12.1. The summed E-state index contributed by atoms with van der Waals surface area (Å²) in [4.78, 5) is 3.86. The molecule has 6 nitrogen and oxygen atoms in total. The fourth-order valence-electron chi connectivity index (χ4n) is 1.67. The number of sulfonamides is 1. The summed E-state index contributed by atoms with van der Waals surface area (Å²) in [5, 5.41) is 9.32. The molecule has 1 unspecified atom stereocenters. The highest BCUT2D eigenvalue weighted by atomic mass is 32.2. The molecule has 2 rings (SSSR count). The maximum Gasteiger partial charge on any atom is 0.243 e. The van der Waals surface area contributed by atoms with Gasteiger partial charge in [-0.15, -0.1) is 0 Å². The number of hydrogen-bond donors (Lipinski definition) is 2. The second kappa shape index (κ2) is 4.00. The Balaban J connectivity index is 2.32. The van der Waals surface area contributed by atoms with Crippen LogP contribution in [0, 0.1) is 0 Å². The van der Waals surface area contributed by atoms with E-state index in [2.05, 4.69) is 4.98 Å². The Morgan fingerprint density at radius 1 is 1.56 bits per heavy atom. The molecule has 1 saturated heterocycles. The van der Waals surface area contributed by atoms with E-state index in [1.807, 2.05) is 0 Å². The topological polar surface area (TPSA) is 96.5 Å². The molecular weight excluding hydrogens is 230 g/mol. The molecule has 7 heteroatoms. The third-order valence-electron chi connectivity index (χ3n) is 2.52. The number of pyridine rings is 1. The highest BCUT2D eigenvalue weighted by Gasteiger charge is 2.31. The highest BCUT2D eigenvalue weighted by Crippen LogP contribution is 2.21. The number of nitrogen functional groups attached to an aromatic ring is 1. The van der Waals surface area contributed by atoms with Crippen LogP contribution in [0.5, 0.6) is 0 Å². The summed E-state index contributed by atoms with van der Waals surface area (Å²) in [7, 11) is -3.54. The zero-order chi connectivity index (χ0) is 11.8. The summed E-state index contributed by atoms with van der Waals surface area (Å²) in [5.41, 5.74) is 5.44. The standard InChI is InChI=1S/C9H13N3O3S/c10-9-5-8(1-3-11-9)16(14,15)12-4-2-7(13)6-12/h1,3,5,7,13H,2,4,6H2,(H2,10,11). The van der Waals surface area contributed by atoms with Crippen molar-refractivity contribution in [1.82, 2.24) is 9.29 Å². The van der Waals surface area contributed by atoms with Crippen LogP contribution in [0.1, 0.15) is 6.42 Å². The van der Waals surface area contributed by atoms with Gasteiger partial charge in [0.15, 0.2) is 0 Å². The third-order valence-corrected chi connectivity index (χ3v) is 4.38. The average molecular weight is 243 g/mol. The van der Waals surface area contributed by atoms with Crippen molar-refractivity contribution >= 4 is 15.8 Å². The van der Waals surface area contributed by atoms with Crippen molar-refractivity contribution in [3.63, 3.8) is 0 Å². The van der Waals surface area contributed by atoms with Crippen molar-refractivity contribution in [2.45, 2.75) is 17.4 Å². The van der Waals surface area contributed by atoms with Gasteiger partial charge in [-0.25, -0.2) is 13.4 Å². The minimum atomic E-state index is -3.54. The first-order valence-electron chi connectivity index (χ1n) is 4.90. The largest absolute Gasteiger partial charge is 0.392 e. The van der Waals surface area contributed by atoms with Crippen molar-refractivity contribution in [3.8, 4) is 0 Å². The van der Waals surface area contributed by atoms with Crippen LogP contribution in [-0.2, 0) is 10.0 Å². The van der Waals surface area contributed by atoms with Crippen molar-refractivity contribution in [2.24, 2.45) is 0 Å². The Kier molecular flexibility index (Phi) is 2.83. The number of aliphatic hydroxyl groups excluding tert-OH is 1. The summed E-state index contributed by atoms with van der Waals surface area (Å²) in [6.45, 7) is 0.482. The van der Waals surface area contributed by atoms with E-state index in [1.54, 1.807) is 0 Å². The van der Waals surface area contributed by atoms with E-state index in [4.69, 9.17) is 5.73 Å². The van der Waals surface area contributed by atoms with Gasteiger partial charge in [0.05, 0.1) is 11.0 Å². The quantitative estimate of drug-likeness (QED) is 0.724. The minimum absolute atomic E-state index is 0.120. The van der Waals surface area contributed by atoms with Gasteiger partial charge in [0.2, 0.25) is 10.0 Å². The van der Waals surface area contributed by atoms with Gasteiger partial charge in [-0.3, -0.25) is 0 Å². The molecule has 1 aliphatic rings. The van der Waals surface area contributed by atoms with E-state index >= 15 is 0 Å². The molecule has 2 heterocycles. The van der Waals surface area contributed by atoms with Crippen LogP contribution in [0.4, 0.5) is 5.82 Å². The van der Waals surface area contributed by atoms with Gasteiger partial charge >= 0.3 is 0 Å². The summed E-state index contributed by atoms with van der Waals surface area (Å²) in [5.74, 6) is 0.167. The molecule has 1 fully saturated rings. The SMILES string of the molecule is Nc1cc(S(=O)(=O)N2CCC(O)C2)ccn1. The molecule has 0 amide bonds. The first-order valence-corrected chi connectivity index (χ1v) is 6.34. The monoisotopic (exact) mass is 243 g/mol. The molecule has 0 radical (unpaired) electrons. The molecule has 0 spiro atoms. The first-order chi connectivity index (χ1) is 7.50. The smallest absolute Gasteiger partial charge is 0.243 e. The van der Waals surface area contributed by atoms with Gasteiger partial charge in [-0.05, 0) is 12.5 Å². The van der Waals surface area contributed by atoms with E-state index in [-0.39, 0.29) is 17.3 Å². The van der Waals surface area contributed by atoms with E-state index in [0.717, 1.165) is 0 Å². The van der Waals surface area contributed by atoms with Crippen LogP contribution < -0.4 is 5.73 Å². The maximum atomic E-state index is 12.1. The Morgan fingerprint density at radius 2 is 2.31 bits per heavy atom. The molecule has 88 valence electrons. The van der Waals surface area contributed by atoms with Crippen molar-refractivity contribution < 1.29 is 13.5 Å². The Labute approximate surface area is 93.8 Å². The number of aliphatic hydroxyl groups is 1. The van der Waals surface area contributed by atoms with Crippen molar-refractivity contribution in [1.29, 1.82) is 0 Å². The van der Waals surface area contributed by atoms with E-state index in [1.165, 1.54) is 22.6 Å². The molecule has 1 aliphatic heterocycles. The number of β-amino-alcohol motifs (C(OH)–C–C–N with tert-alkyl or cyclic N) is 1.